The van der Waals surface area contributed by atoms with Crippen molar-refractivity contribution >= 4 is 51.3 Å². The molecule has 2 heterocycles. The van der Waals surface area contributed by atoms with Crippen molar-refractivity contribution in [1.82, 2.24) is 19.9 Å². The smallest absolute Gasteiger partial charge is 0.172 e. The van der Waals surface area contributed by atoms with Crippen LogP contribution in [0.4, 0.5) is 5.82 Å². The highest BCUT2D eigenvalue weighted by molar-refractivity contribution is 14.1. The zero-order valence-corrected chi connectivity index (χ0v) is 14.0. The molecule has 0 radical (unpaired) electrons. The Balaban J connectivity index is 1.73. The third kappa shape index (κ3) is 2.38. The largest absolute Gasteiger partial charge is 0.382 e. The van der Waals surface area contributed by atoms with Crippen LogP contribution in [0.15, 0.2) is 28.5 Å². The van der Waals surface area contributed by atoms with Crippen LogP contribution in [0.5, 0.6) is 0 Å². The molecule has 2 aromatic heterocycles. The second kappa shape index (κ2) is 5.13. The average Bonchev–Trinajstić information content (AvgIpc) is 3.06. The summed E-state index contributed by atoms with van der Waals surface area (Å²) in [7, 11) is 0. The van der Waals surface area contributed by atoms with E-state index in [0.717, 1.165) is 5.16 Å². The van der Waals surface area contributed by atoms with Gasteiger partial charge in [0.1, 0.15) is 6.33 Å². The number of nitrogens with two attached hydrogens (primary N) is 1. The Hall–Kier alpha value is -1.35. The molecule has 106 valence electrons. The van der Waals surface area contributed by atoms with Crippen molar-refractivity contribution < 1.29 is 0 Å². The Morgan fingerprint density at radius 1 is 1.19 bits per heavy atom. The third-order valence-electron chi connectivity index (χ3n) is 3.64. The molecule has 5 nitrogen and oxygen atoms in total. The Morgan fingerprint density at radius 3 is 2.81 bits per heavy atom. The average molecular weight is 409 g/mol. The minimum Gasteiger partial charge on any atom is -0.382 e. The zero-order chi connectivity index (χ0) is 14.4. The van der Waals surface area contributed by atoms with Gasteiger partial charge >= 0.3 is 0 Å². The monoisotopic (exact) mass is 409 g/mol. The van der Waals surface area contributed by atoms with Gasteiger partial charge in [-0.3, -0.25) is 0 Å². The summed E-state index contributed by atoms with van der Waals surface area (Å²) in [4.78, 5) is 17.0. The molecule has 0 spiro atoms. The number of nitrogens with one attached hydrogen (secondary N) is 1. The molecule has 0 saturated heterocycles. The minimum absolute atomic E-state index is 0.409. The lowest BCUT2D eigenvalue weighted by Crippen LogP contribution is -1.91. The van der Waals surface area contributed by atoms with Gasteiger partial charge in [0.2, 0.25) is 0 Å². The first-order chi connectivity index (χ1) is 10.2. The van der Waals surface area contributed by atoms with Crippen molar-refractivity contribution in [2.45, 2.75) is 29.3 Å². The molecule has 3 aromatic rings. The van der Waals surface area contributed by atoms with Gasteiger partial charge in [-0.15, -0.1) is 0 Å². The van der Waals surface area contributed by atoms with E-state index in [2.05, 4.69) is 54.7 Å². The van der Waals surface area contributed by atoms with Gasteiger partial charge in [-0.2, -0.15) is 0 Å². The number of hydrogen-bond donors (Lipinski definition) is 2. The van der Waals surface area contributed by atoms with Crippen molar-refractivity contribution in [3.63, 3.8) is 0 Å². The predicted octanol–water partition coefficient (Wildman–Crippen LogP) is 3.18. The fourth-order valence-electron chi connectivity index (χ4n) is 2.63. The topological polar surface area (TPSA) is 80.5 Å². The van der Waals surface area contributed by atoms with Crippen LogP contribution in [-0.4, -0.2) is 19.9 Å². The molecule has 0 amide bonds. The number of aryl methyl sites for hydroxylation is 2. The van der Waals surface area contributed by atoms with E-state index in [1.807, 2.05) is 0 Å². The SMILES string of the molecule is Nc1ncnc2[nH]c(Sc3cc4c(cc3I)CCC4)nc12. The van der Waals surface area contributed by atoms with Crippen LogP contribution in [0.3, 0.4) is 0 Å². The molecule has 1 aromatic carbocycles. The highest BCUT2D eigenvalue weighted by Gasteiger charge is 2.16. The number of imidazole rings is 1. The van der Waals surface area contributed by atoms with Crippen LogP contribution in [0.25, 0.3) is 11.2 Å². The Kier molecular flexibility index (Phi) is 3.26. The van der Waals surface area contributed by atoms with Gasteiger partial charge in [-0.25, -0.2) is 15.0 Å². The highest BCUT2D eigenvalue weighted by Crippen LogP contribution is 2.35. The Morgan fingerprint density at radius 2 is 2.00 bits per heavy atom. The summed E-state index contributed by atoms with van der Waals surface area (Å²) in [5, 5.41) is 0.799. The molecule has 0 unspecified atom stereocenters. The van der Waals surface area contributed by atoms with Gasteiger partial charge in [0.25, 0.3) is 0 Å². The van der Waals surface area contributed by atoms with Crippen LogP contribution in [0.2, 0.25) is 0 Å². The minimum atomic E-state index is 0.409. The molecular formula is C14H12IN5S. The van der Waals surface area contributed by atoms with E-state index in [1.165, 1.54) is 45.2 Å². The molecular weight excluding hydrogens is 397 g/mol. The summed E-state index contributed by atoms with van der Waals surface area (Å²) in [5.74, 6) is 0.409. The number of aromatic nitrogens is 4. The van der Waals surface area contributed by atoms with Crippen molar-refractivity contribution in [3.8, 4) is 0 Å². The molecule has 0 aliphatic heterocycles. The van der Waals surface area contributed by atoms with E-state index in [9.17, 15) is 0 Å². The van der Waals surface area contributed by atoms with E-state index in [1.54, 1.807) is 11.8 Å². The number of nitrogens with zero attached hydrogens (tertiary/aromatic N) is 3. The maximum absolute atomic E-state index is 5.82. The van der Waals surface area contributed by atoms with Crippen molar-refractivity contribution in [2.75, 3.05) is 5.73 Å². The fourth-order valence-corrected chi connectivity index (χ4v) is 4.34. The summed E-state index contributed by atoms with van der Waals surface area (Å²) in [6.45, 7) is 0. The number of nitrogen functional groups attached to an aromatic ring is 1. The number of halogens is 1. The molecule has 0 bridgehead atoms. The van der Waals surface area contributed by atoms with E-state index in [0.29, 0.717) is 17.0 Å². The number of H-pyrrole nitrogens is 1. The lowest BCUT2D eigenvalue weighted by Gasteiger charge is -2.06. The van der Waals surface area contributed by atoms with Gasteiger partial charge in [-0.05, 0) is 65.1 Å². The molecule has 1 aliphatic rings. The Bertz CT molecular complexity index is 845. The first-order valence-corrected chi connectivity index (χ1v) is 8.55. The zero-order valence-electron chi connectivity index (χ0n) is 11.1. The fraction of sp³-hybridized carbons (Fsp3) is 0.214. The standard InChI is InChI=1S/C14H12IN5S/c15-9-4-7-2-1-3-8(7)5-10(9)21-14-19-11-12(16)17-6-18-13(11)20-14/h4-6H,1-3H2,(H3,16,17,18,19,20). The summed E-state index contributed by atoms with van der Waals surface area (Å²) in [5.41, 5.74) is 10.1. The maximum atomic E-state index is 5.82. The quantitative estimate of drug-likeness (QED) is 0.636. The number of benzene rings is 1. The van der Waals surface area contributed by atoms with Crippen LogP contribution in [0, 0.1) is 3.57 Å². The molecule has 1 aliphatic carbocycles. The maximum Gasteiger partial charge on any atom is 0.172 e. The highest BCUT2D eigenvalue weighted by atomic mass is 127. The van der Waals surface area contributed by atoms with E-state index >= 15 is 0 Å². The van der Waals surface area contributed by atoms with Gasteiger partial charge in [0.05, 0.1) is 0 Å². The normalized spacial score (nSPS) is 13.8. The summed E-state index contributed by atoms with van der Waals surface area (Å²) < 4.78 is 1.26. The first kappa shape index (κ1) is 13.3. The number of rotatable bonds is 2. The number of fused-ring (bicyclic) bond motifs is 2. The second-order valence-corrected chi connectivity index (χ2v) is 7.20. The molecule has 0 saturated carbocycles. The van der Waals surface area contributed by atoms with E-state index in [-0.39, 0.29) is 0 Å². The molecule has 0 fully saturated rings. The first-order valence-electron chi connectivity index (χ1n) is 6.66. The molecule has 4 rings (SSSR count). The molecule has 21 heavy (non-hydrogen) atoms. The van der Waals surface area contributed by atoms with Crippen molar-refractivity contribution in [2.24, 2.45) is 0 Å². The summed E-state index contributed by atoms with van der Waals surface area (Å²) in [6, 6.07) is 4.58. The number of hydrogen-bond acceptors (Lipinski definition) is 5. The van der Waals surface area contributed by atoms with Gasteiger partial charge in [0, 0.05) is 8.47 Å². The molecule has 0 atom stereocenters. The van der Waals surface area contributed by atoms with Crippen LogP contribution in [-0.2, 0) is 12.8 Å². The number of anilines is 1. The lowest BCUT2D eigenvalue weighted by molar-refractivity contribution is 0.911. The number of aromatic amines is 1. The van der Waals surface area contributed by atoms with Crippen molar-refractivity contribution in [1.29, 1.82) is 0 Å². The summed E-state index contributed by atoms with van der Waals surface area (Å²) in [6.07, 6.45) is 5.09. The third-order valence-corrected chi connectivity index (χ3v) is 5.85. The molecule has 3 N–H and O–H groups in total. The van der Waals surface area contributed by atoms with Gasteiger partial charge in [-0.1, -0.05) is 11.8 Å². The lowest BCUT2D eigenvalue weighted by atomic mass is 10.1. The predicted molar refractivity (Wildman–Crippen MR) is 91.4 cm³/mol. The van der Waals surface area contributed by atoms with Crippen LogP contribution < -0.4 is 5.73 Å². The Labute approximate surface area is 139 Å². The summed E-state index contributed by atoms with van der Waals surface area (Å²) >= 11 is 4.01. The second-order valence-electron chi connectivity index (χ2n) is 5.01. The van der Waals surface area contributed by atoms with Crippen molar-refractivity contribution in [3.05, 3.63) is 33.2 Å². The molecule has 7 heteroatoms. The van der Waals surface area contributed by atoms with Gasteiger partial charge in [0.15, 0.2) is 22.1 Å². The van der Waals surface area contributed by atoms with Gasteiger partial charge < -0.3 is 10.7 Å². The van der Waals surface area contributed by atoms with Crippen LogP contribution >= 0.6 is 34.4 Å². The van der Waals surface area contributed by atoms with E-state index in [4.69, 9.17) is 5.73 Å². The van der Waals surface area contributed by atoms with Crippen LogP contribution in [0.1, 0.15) is 17.5 Å². The van der Waals surface area contributed by atoms with E-state index < -0.39 is 0 Å².